The van der Waals surface area contributed by atoms with Crippen molar-refractivity contribution in [2.45, 2.75) is 57.4 Å². The number of hydrogen-bond donors (Lipinski definition) is 0. The van der Waals surface area contributed by atoms with Crippen LogP contribution in [0.25, 0.3) is 22.5 Å². The van der Waals surface area contributed by atoms with Gasteiger partial charge in [-0.05, 0) is 25.0 Å². The molecule has 2 heterocycles. The molecule has 1 fully saturated rings. The second-order valence-corrected chi connectivity index (χ2v) is 9.25. The van der Waals surface area contributed by atoms with Gasteiger partial charge in [0, 0.05) is 56.8 Å². The standard InChI is InChI=1S/C29H33F2N3O5/c1-6-37-25-24(35-4)18(2)38-28(26(25)36-5)39-34-15-19-7-9-21(10-8-19)27-32-16-22(17-33-27)20-11-13-23(14-12-20)29(3,30)31/h7-18,24-26,28H,6H2,1-5H3/b34-15+/t18-,24-,25+,26+,28-/m0/s1. The molecule has 0 radical (unpaired) electrons. The number of oxime groups is 1. The normalized spacial score (nSPS) is 23.7. The average molecular weight is 542 g/mol. The van der Waals surface area contributed by atoms with Crippen LogP contribution >= 0.6 is 0 Å². The summed E-state index contributed by atoms with van der Waals surface area (Å²) < 4.78 is 49.9. The molecule has 1 aliphatic heterocycles. The predicted molar refractivity (Wildman–Crippen MR) is 142 cm³/mol. The molecule has 5 atom stereocenters. The van der Waals surface area contributed by atoms with Crippen LogP contribution in [0.4, 0.5) is 8.78 Å². The SMILES string of the molecule is CCO[C@@H]1[C@@H](OC)[C@H](C)O[C@@H](O/N=C/c2ccc(-c3ncc(-c4ccc(C(C)(F)F)cc4)cn3)cc2)[C@@H]1OC. The van der Waals surface area contributed by atoms with Crippen LogP contribution in [-0.4, -0.2) is 67.7 Å². The van der Waals surface area contributed by atoms with Crippen molar-refractivity contribution in [1.29, 1.82) is 0 Å². The Morgan fingerprint density at radius 1 is 0.897 bits per heavy atom. The summed E-state index contributed by atoms with van der Waals surface area (Å²) in [5.74, 6) is -2.34. The number of methoxy groups -OCH3 is 2. The molecular weight excluding hydrogens is 508 g/mol. The summed E-state index contributed by atoms with van der Waals surface area (Å²) in [6.07, 6.45) is 2.72. The number of halogens is 2. The van der Waals surface area contributed by atoms with E-state index in [1.807, 2.05) is 38.1 Å². The van der Waals surface area contributed by atoms with Crippen molar-refractivity contribution >= 4 is 6.21 Å². The van der Waals surface area contributed by atoms with E-state index in [-0.39, 0.29) is 23.9 Å². The van der Waals surface area contributed by atoms with Crippen molar-refractivity contribution in [3.8, 4) is 22.5 Å². The monoisotopic (exact) mass is 541 g/mol. The third kappa shape index (κ3) is 6.83. The van der Waals surface area contributed by atoms with Gasteiger partial charge in [-0.25, -0.2) is 18.7 Å². The summed E-state index contributed by atoms with van der Waals surface area (Å²) in [6, 6.07) is 13.6. The maximum Gasteiger partial charge on any atom is 0.270 e. The molecule has 1 aliphatic rings. The highest BCUT2D eigenvalue weighted by atomic mass is 19.3. The Bertz CT molecular complexity index is 1220. The van der Waals surface area contributed by atoms with E-state index in [2.05, 4.69) is 15.1 Å². The Kier molecular flexibility index (Phi) is 9.34. The lowest BCUT2D eigenvalue weighted by atomic mass is 9.99. The highest BCUT2D eigenvalue weighted by Crippen LogP contribution is 2.30. The summed E-state index contributed by atoms with van der Waals surface area (Å²) in [5, 5.41) is 4.11. The van der Waals surface area contributed by atoms with E-state index in [0.29, 0.717) is 12.4 Å². The number of nitrogens with zero attached hydrogens (tertiary/aromatic N) is 3. The number of alkyl halides is 2. The van der Waals surface area contributed by atoms with Gasteiger partial charge in [0.15, 0.2) is 11.9 Å². The fourth-order valence-electron chi connectivity index (χ4n) is 4.46. The van der Waals surface area contributed by atoms with E-state index in [4.69, 9.17) is 23.8 Å². The second-order valence-electron chi connectivity index (χ2n) is 9.25. The van der Waals surface area contributed by atoms with Crippen molar-refractivity contribution in [2.75, 3.05) is 20.8 Å². The highest BCUT2D eigenvalue weighted by molar-refractivity contribution is 5.80. The Balaban J connectivity index is 1.39. The minimum atomic E-state index is -2.88. The lowest BCUT2D eigenvalue weighted by molar-refractivity contribution is -0.308. The lowest BCUT2D eigenvalue weighted by Gasteiger charge is -2.42. The molecule has 8 nitrogen and oxygen atoms in total. The van der Waals surface area contributed by atoms with E-state index in [0.717, 1.165) is 29.2 Å². The zero-order chi connectivity index (χ0) is 28.0. The molecule has 10 heteroatoms. The number of rotatable bonds is 10. The summed E-state index contributed by atoms with van der Waals surface area (Å²) in [6.45, 7) is 5.18. The predicted octanol–water partition coefficient (Wildman–Crippen LogP) is 5.45. The molecule has 0 unspecified atom stereocenters. The molecule has 4 rings (SSSR count). The van der Waals surface area contributed by atoms with Crippen molar-refractivity contribution in [2.24, 2.45) is 5.16 Å². The van der Waals surface area contributed by atoms with Gasteiger partial charge in [-0.15, -0.1) is 0 Å². The Labute approximate surface area is 226 Å². The Morgan fingerprint density at radius 2 is 1.51 bits per heavy atom. The maximum atomic E-state index is 13.5. The zero-order valence-electron chi connectivity index (χ0n) is 22.6. The minimum absolute atomic E-state index is 0.0356. The maximum absolute atomic E-state index is 13.5. The summed E-state index contributed by atoms with van der Waals surface area (Å²) in [5.41, 5.74) is 3.08. The molecule has 0 amide bonds. The van der Waals surface area contributed by atoms with Crippen LogP contribution in [0, 0.1) is 0 Å². The molecule has 1 aromatic heterocycles. The van der Waals surface area contributed by atoms with Crippen molar-refractivity contribution in [1.82, 2.24) is 9.97 Å². The number of aromatic nitrogens is 2. The Morgan fingerprint density at radius 3 is 2.08 bits per heavy atom. The van der Waals surface area contributed by atoms with Gasteiger partial charge in [-0.1, -0.05) is 53.7 Å². The third-order valence-corrected chi connectivity index (χ3v) is 6.54. The first-order chi connectivity index (χ1) is 18.7. The van der Waals surface area contributed by atoms with E-state index in [1.54, 1.807) is 45.0 Å². The van der Waals surface area contributed by atoms with Gasteiger partial charge in [0.1, 0.15) is 12.2 Å². The molecule has 0 N–H and O–H groups in total. The van der Waals surface area contributed by atoms with Crippen molar-refractivity contribution in [3.63, 3.8) is 0 Å². The number of benzene rings is 2. The first-order valence-electron chi connectivity index (χ1n) is 12.7. The van der Waals surface area contributed by atoms with E-state index >= 15 is 0 Å². The van der Waals surface area contributed by atoms with Gasteiger partial charge in [0.25, 0.3) is 12.2 Å². The smallest absolute Gasteiger partial charge is 0.270 e. The van der Waals surface area contributed by atoms with Crippen LogP contribution in [0.1, 0.15) is 31.9 Å². The largest absolute Gasteiger partial charge is 0.376 e. The molecule has 39 heavy (non-hydrogen) atoms. The first kappa shape index (κ1) is 28.7. The van der Waals surface area contributed by atoms with Gasteiger partial charge in [0.2, 0.25) is 0 Å². The average Bonchev–Trinajstić information content (AvgIpc) is 2.93. The zero-order valence-corrected chi connectivity index (χ0v) is 22.6. The van der Waals surface area contributed by atoms with Crippen LogP contribution in [0.2, 0.25) is 0 Å². The molecule has 3 aromatic rings. The lowest BCUT2D eigenvalue weighted by Crippen LogP contribution is -2.59. The quantitative estimate of drug-likeness (QED) is 0.249. The Hall–Kier alpha value is -3.31. The van der Waals surface area contributed by atoms with Crippen molar-refractivity contribution in [3.05, 3.63) is 72.1 Å². The van der Waals surface area contributed by atoms with Crippen molar-refractivity contribution < 1.29 is 32.6 Å². The van der Waals surface area contributed by atoms with Crippen LogP contribution in [0.5, 0.6) is 0 Å². The van der Waals surface area contributed by atoms with Crippen LogP contribution < -0.4 is 0 Å². The van der Waals surface area contributed by atoms with Crippen LogP contribution in [-0.2, 0) is 29.7 Å². The van der Waals surface area contributed by atoms with Gasteiger partial charge in [0.05, 0.1) is 12.3 Å². The van der Waals surface area contributed by atoms with E-state index in [1.165, 1.54) is 12.1 Å². The molecule has 208 valence electrons. The fourth-order valence-corrected chi connectivity index (χ4v) is 4.46. The molecule has 0 aliphatic carbocycles. The molecule has 0 saturated carbocycles. The van der Waals surface area contributed by atoms with E-state index < -0.39 is 18.3 Å². The summed E-state index contributed by atoms with van der Waals surface area (Å²) in [7, 11) is 3.18. The fraction of sp³-hybridized carbons (Fsp3) is 0.414. The van der Waals surface area contributed by atoms with Gasteiger partial charge < -0.3 is 23.8 Å². The van der Waals surface area contributed by atoms with Gasteiger partial charge in [-0.2, -0.15) is 0 Å². The van der Waals surface area contributed by atoms with E-state index in [9.17, 15) is 8.78 Å². The van der Waals surface area contributed by atoms with Gasteiger partial charge >= 0.3 is 0 Å². The molecular formula is C29H33F2N3O5. The van der Waals surface area contributed by atoms with Crippen LogP contribution in [0.15, 0.2) is 66.1 Å². The topological polar surface area (TPSA) is 84.3 Å². The molecule has 0 spiro atoms. The van der Waals surface area contributed by atoms with Crippen LogP contribution in [0.3, 0.4) is 0 Å². The number of ether oxygens (including phenoxy) is 4. The molecule has 0 bridgehead atoms. The summed E-state index contributed by atoms with van der Waals surface area (Å²) >= 11 is 0. The summed E-state index contributed by atoms with van der Waals surface area (Å²) in [4.78, 5) is 14.5. The van der Waals surface area contributed by atoms with Gasteiger partial charge in [-0.3, -0.25) is 0 Å². The number of hydrogen-bond acceptors (Lipinski definition) is 8. The first-order valence-corrected chi connectivity index (χ1v) is 12.7. The molecule has 1 saturated heterocycles. The minimum Gasteiger partial charge on any atom is -0.376 e. The highest BCUT2D eigenvalue weighted by Gasteiger charge is 2.47. The third-order valence-electron chi connectivity index (χ3n) is 6.54. The molecule has 2 aromatic carbocycles. The second kappa shape index (κ2) is 12.7.